The molecule has 0 amide bonds. The van der Waals surface area contributed by atoms with Crippen molar-refractivity contribution in [2.24, 2.45) is 13.0 Å². The molecule has 0 saturated carbocycles. The monoisotopic (exact) mass is 323 g/mol. The SMILES string of the molecule is Cc1nc(N2CC[C@H](CNc3ccccn3)C2)c2cnn(C)c2n1. The van der Waals surface area contributed by atoms with Gasteiger partial charge in [0, 0.05) is 32.9 Å². The van der Waals surface area contributed by atoms with Gasteiger partial charge >= 0.3 is 0 Å². The zero-order valence-electron chi connectivity index (χ0n) is 14.0. The van der Waals surface area contributed by atoms with Crippen molar-refractivity contribution >= 4 is 22.7 Å². The van der Waals surface area contributed by atoms with E-state index < -0.39 is 0 Å². The van der Waals surface area contributed by atoms with Crippen LogP contribution in [0.1, 0.15) is 12.2 Å². The quantitative estimate of drug-likeness (QED) is 0.792. The van der Waals surface area contributed by atoms with Crippen LogP contribution in [0.15, 0.2) is 30.6 Å². The minimum Gasteiger partial charge on any atom is -0.370 e. The molecule has 0 radical (unpaired) electrons. The van der Waals surface area contributed by atoms with Gasteiger partial charge in [-0.15, -0.1) is 0 Å². The van der Waals surface area contributed by atoms with E-state index in [1.807, 2.05) is 49.2 Å². The van der Waals surface area contributed by atoms with Crippen molar-refractivity contribution in [1.82, 2.24) is 24.7 Å². The van der Waals surface area contributed by atoms with Crippen LogP contribution in [0.2, 0.25) is 0 Å². The molecule has 1 aliphatic heterocycles. The zero-order valence-corrected chi connectivity index (χ0v) is 14.0. The Kier molecular flexibility index (Phi) is 3.76. The van der Waals surface area contributed by atoms with Gasteiger partial charge in [-0.25, -0.2) is 15.0 Å². The first-order valence-electron chi connectivity index (χ1n) is 8.27. The summed E-state index contributed by atoms with van der Waals surface area (Å²) in [6.07, 6.45) is 4.82. The van der Waals surface area contributed by atoms with Crippen LogP contribution in [0.25, 0.3) is 11.0 Å². The average molecular weight is 323 g/mol. The Balaban J connectivity index is 1.49. The third kappa shape index (κ3) is 2.77. The van der Waals surface area contributed by atoms with E-state index in [1.165, 1.54) is 0 Å². The highest BCUT2D eigenvalue weighted by Gasteiger charge is 2.26. The molecule has 4 rings (SSSR count). The van der Waals surface area contributed by atoms with Gasteiger partial charge in [-0.05, 0) is 31.4 Å². The van der Waals surface area contributed by atoms with E-state index in [4.69, 9.17) is 0 Å². The summed E-state index contributed by atoms with van der Waals surface area (Å²) in [7, 11) is 1.92. The third-order valence-corrected chi connectivity index (χ3v) is 4.51. The molecule has 7 nitrogen and oxygen atoms in total. The maximum atomic E-state index is 4.68. The van der Waals surface area contributed by atoms with E-state index in [2.05, 4.69) is 30.3 Å². The number of hydrogen-bond acceptors (Lipinski definition) is 6. The summed E-state index contributed by atoms with van der Waals surface area (Å²) in [4.78, 5) is 15.8. The third-order valence-electron chi connectivity index (χ3n) is 4.51. The van der Waals surface area contributed by atoms with E-state index >= 15 is 0 Å². The first kappa shape index (κ1) is 14.9. The van der Waals surface area contributed by atoms with Gasteiger partial charge in [-0.3, -0.25) is 4.68 Å². The second-order valence-corrected chi connectivity index (χ2v) is 6.30. The van der Waals surface area contributed by atoms with E-state index in [9.17, 15) is 0 Å². The number of aromatic nitrogens is 5. The van der Waals surface area contributed by atoms with Crippen molar-refractivity contribution in [3.05, 3.63) is 36.4 Å². The minimum atomic E-state index is 0.578. The fourth-order valence-electron chi connectivity index (χ4n) is 3.26. The van der Waals surface area contributed by atoms with E-state index in [1.54, 1.807) is 0 Å². The number of hydrogen-bond donors (Lipinski definition) is 1. The van der Waals surface area contributed by atoms with Crippen molar-refractivity contribution in [3.8, 4) is 0 Å². The molecule has 0 aliphatic carbocycles. The smallest absolute Gasteiger partial charge is 0.163 e. The molecule has 4 heterocycles. The molecule has 0 aromatic carbocycles. The van der Waals surface area contributed by atoms with Crippen molar-refractivity contribution in [1.29, 1.82) is 0 Å². The number of pyridine rings is 1. The molecule has 1 atom stereocenters. The highest BCUT2D eigenvalue weighted by molar-refractivity contribution is 5.87. The highest BCUT2D eigenvalue weighted by Crippen LogP contribution is 2.28. The maximum Gasteiger partial charge on any atom is 0.163 e. The van der Waals surface area contributed by atoms with Crippen LogP contribution in [-0.4, -0.2) is 44.4 Å². The van der Waals surface area contributed by atoms with Gasteiger partial charge in [-0.1, -0.05) is 6.07 Å². The lowest BCUT2D eigenvalue weighted by molar-refractivity contribution is 0.621. The number of anilines is 2. The van der Waals surface area contributed by atoms with Gasteiger partial charge in [-0.2, -0.15) is 5.10 Å². The number of rotatable bonds is 4. The van der Waals surface area contributed by atoms with Crippen LogP contribution in [-0.2, 0) is 7.05 Å². The second-order valence-electron chi connectivity index (χ2n) is 6.30. The van der Waals surface area contributed by atoms with Gasteiger partial charge < -0.3 is 10.2 Å². The van der Waals surface area contributed by atoms with Crippen LogP contribution in [0, 0.1) is 12.8 Å². The van der Waals surface area contributed by atoms with Gasteiger partial charge in [0.05, 0.1) is 11.6 Å². The number of nitrogens with zero attached hydrogens (tertiary/aromatic N) is 6. The fourth-order valence-corrected chi connectivity index (χ4v) is 3.26. The van der Waals surface area contributed by atoms with Gasteiger partial charge in [0.25, 0.3) is 0 Å². The van der Waals surface area contributed by atoms with Crippen LogP contribution in [0.3, 0.4) is 0 Å². The van der Waals surface area contributed by atoms with Crippen molar-refractivity contribution in [2.45, 2.75) is 13.3 Å². The largest absolute Gasteiger partial charge is 0.370 e. The summed E-state index contributed by atoms with van der Waals surface area (Å²) < 4.78 is 1.81. The second kappa shape index (κ2) is 6.07. The molecule has 3 aromatic rings. The molecule has 24 heavy (non-hydrogen) atoms. The lowest BCUT2D eigenvalue weighted by Gasteiger charge is -2.19. The first-order chi connectivity index (χ1) is 11.7. The van der Waals surface area contributed by atoms with Gasteiger partial charge in [0.2, 0.25) is 0 Å². The standard InChI is InChI=1S/C17H21N7/c1-12-21-16-14(10-20-23(16)2)17(22-12)24-8-6-13(11-24)9-19-15-5-3-4-7-18-15/h3-5,7,10,13H,6,8-9,11H2,1-2H3,(H,18,19)/t13-/m1/s1. The lowest BCUT2D eigenvalue weighted by atomic mass is 10.1. The Hall–Kier alpha value is -2.70. The van der Waals surface area contributed by atoms with Crippen LogP contribution < -0.4 is 10.2 Å². The summed E-state index contributed by atoms with van der Waals surface area (Å²) >= 11 is 0. The predicted octanol–water partition coefficient (Wildman–Crippen LogP) is 2.01. The van der Waals surface area contributed by atoms with Crippen LogP contribution in [0.4, 0.5) is 11.6 Å². The summed E-state index contributed by atoms with van der Waals surface area (Å²) in [5, 5.41) is 8.78. The van der Waals surface area contributed by atoms with E-state index in [0.717, 1.165) is 54.5 Å². The van der Waals surface area contributed by atoms with Crippen molar-refractivity contribution in [2.75, 3.05) is 29.9 Å². The van der Waals surface area contributed by atoms with E-state index in [0.29, 0.717) is 5.92 Å². The molecule has 1 aliphatic rings. The molecule has 0 bridgehead atoms. The van der Waals surface area contributed by atoms with E-state index in [-0.39, 0.29) is 0 Å². The molecule has 1 fully saturated rings. The Morgan fingerprint density at radius 3 is 3.04 bits per heavy atom. The predicted molar refractivity (Wildman–Crippen MR) is 94.1 cm³/mol. The van der Waals surface area contributed by atoms with Crippen molar-refractivity contribution < 1.29 is 0 Å². The first-order valence-corrected chi connectivity index (χ1v) is 8.27. The normalized spacial score (nSPS) is 17.6. The molecular weight excluding hydrogens is 302 g/mol. The lowest BCUT2D eigenvalue weighted by Crippen LogP contribution is -2.24. The topological polar surface area (TPSA) is 71.8 Å². The summed E-state index contributed by atoms with van der Waals surface area (Å²) in [6.45, 7) is 4.86. The van der Waals surface area contributed by atoms with Crippen molar-refractivity contribution in [3.63, 3.8) is 0 Å². The molecule has 124 valence electrons. The molecule has 3 aromatic heterocycles. The fraction of sp³-hybridized carbons (Fsp3) is 0.412. The maximum absolute atomic E-state index is 4.68. The molecule has 0 spiro atoms. The minimum absolute atomic E-state index is 0.578. The Bertz CT molecular complexity index is 843. The Labute approximate surface area is 140 Å². The molecule has 7 heteroatoms. The molecule has 1 saturated heterocycles. The zero-order chi connectivity index (χ0) is 16.5. The number of fused-ring (bicyclic) bond motifs is 1. The van der Waals surface area contributed by atoms with Gasteiger partial charge in [0.15, 0.2) is 5.65 Å². The molecule has 0 unspecified atom stereocenters. The number of aryl methyl sites for hydroxylation is 2. The molecular formula is C17H21N7. The van der Waals surface area contributed by atoms with Crippen LogP contribution in [0.5, 0.6) is 0 Å². The average Bonchev–Trinajstić information content (AvgIpc) is 3.21. The van der Waals surface area contributed by atoms with Gasteiger partial charge in [0.1, 0.15) is 17.5 Å². The van der Waals surface area contributed by atoms with Crippen LogP contribution >= 0.6 is 0 Å². The molecule has 1 N–H and O–H groups in total. The summed E-state index contributed by atoms with van der Waals surface area (Å²) in [5.41, 5.74) is 0.896. The highest BCUT2D eigenvalue weighted by atomic mass is 15.3. The Morgan fingerprint density at radius 2 is 2.21 bits per heavy atom. The summed E-state index contributed by atoms with van der Waals surface area (Å²) in [6, 6.07) is 5.93. The number of nitrogens with one attached hydrogen (secondary N) is 1. The Morgan fingerprint density at radius 1 is 1.29 bits per heavy atom. The summed E-state index contributed by atoms with van der Waals surface area (Å²) in [5.74, 6) is 3.31.